The van der Waals surface area contributed by atoms with Gasteiger partial charge in [0.2, 0.25) is 0 Å². The van der Waals surface area contributed by atoms with Crippen molar-refractivity contribution < 1.29 is 95.7 Å². The highest BCUT2D eigenvalue weighted by Crippen LogP contribution is 2.57. The van der Waals surface area contributed by atoms with Gasteiger partial charge in [0.05, 0.1) is 123 Å². The van der Waals surface area contributed by atoms with Crippen molar-refractivity contribution in [1.82, 2.24) is 0 Å². The number of rotatable bonds is 28. The summed E-state index contributed by atoms with van der Waals surface area (Å²) in [4.78, 5) is 32.5. The van der Waals surface area contributed by atoms with Crippen LogP contribution >= 0.6 is 0 Å². The Balaban J connectivity index is 0.000000194. The molecule has 16 fully saturated rings. The predicted octanol–water partition coefficient (Wildman–Crippen LogP) is 13.1. The average Bonchev–Trinajstić information content (AvgIpc) is 1.56. The van der Waals surface area contributed by atoms with Gasteiger partial charge in [-0.15, -0.1) is 13.2 Å². The summed E-state index contributed by atoms with van der Waals surface area (Å²) in [5.74, 6) is 2.56. The molecule has 20 heteroatoms. The van der Waals surface area contributed by atoms with E-state index in [1.54, 1.807) is 0 Å². The first-order valence-corrected chi connectivity index (χ1v) is 40.4. The van der Waals surface area contributed by atoms with Crippen LogP contribution < -0.4 is 0 Å². The molecule has 0 amide bonds. The maximum atomic E-state index is 10.1. The van der Waals surface area contributed by atoms with Crippen molar-refractivity contribution in [2.75, 3.05) is 6.61 Å². The van der Waals surface area contributed by atoms with Crippen molar-refractivity contribution >= 4 is 12.3 Å². The Kier molecular flexibility index (Phi) is 28.0. The lowest BCUT2D eigenvalue weighted by atomic mass is 9.80. The zero-order valence-electron chi connectivity index (χ0n) is 64.2. The van der Waals surface area contributed by atoms with Crippen LogP contribution in [0.5, 0.6) is 0 Å². The molecule has 12 bridgehead atoms. The van der Waals surface area contributed by atoms with Gasteiger partial charge in [-0.3, -0.25) is 0 Å². The zero-order chi connectivity index (χ0) is 74.6. The predicted molar refractivity (Wildman–Crippen MR) is 386 cm³/mol. The molecule has 2 N–H and O–H groups in total. The van der Waals surface area contributed by atoms with Crippen LogP contribution in [-0.2, 0) is 85.5 Å². The number of aliphatic hydroxyl groups excluding tert-OH is 2. The molecule has 20 nitrogen and oxygen atoms in total. The summed E-state index contributed by atoms with van der Waals surface area (Å²) >= 11 is 0. The van der Waals surface area contributed by atoms with Crippen molar-refractivity contribution in [3.63, 3.8) is 0 Å². The number of aliphatic hydroxyl groups is 2. The number of carbonyl (C=O) groups excluding carboxylic acids is 4. The Morgan fingerprint density at radius 3 is 1.24 bits per heavy atom. The quantitative estimate of drug-likeness (QED) is 0.0692. The summed E-state index contributed by atoms with van der Waals surface area (Å²) in [6.45, 7) is 48.4. The van der Waals surface area contributed by atoms with Gasteiger partial charge in [-0.05, 0) is 147 Å². The summed E-state index contributed by atoms with van der Waals surface area (Å²) in [6.07, 6.45) is 25.4. The maximum absolute atomic E-state index is 10.1. The van der Waals surface area contributed by atoms with Crippen LogP contribution in [0.15, 0.2) is 73.9 Å². The summed E-state index contributed by atoms with van der Waals surface area (Å²) in [5, 5.41) is 19.5. The van der Waals surface area contributed by atoms with Crippen molar-refractivity contribution in [1.29, 1.82) is 0 Å². The fourth-order valence-corrected chi connectivity index (χ4v) is 21.1. The third-order valence-electron chi connectivity index (χ3n) is 27.3. The fourth-order valence-electron chi connectivity index (χ4n) is 21.1. The molecule has 104 heavy (non-hydrogen) atoms. The minimum atomic E-state index is -0.747. The molecular formula is C84H128O20. The van der Waals surface area contributed by atoms with Crippen LogP contribution in [0.1, 0.15) is 217 Å². The molecule has 16 aliphatic heterocycles. The number of hydrogen-bond donors (Lipinski definition) is 2. The van der Waals surface area contributed by atoms with E-state index in [0.717, 1.165) is 140 Å². The van der Waals surface area contributed by atoms with Gasteiger partial charge in [0, 0.05) is 56.8 Å². The Hall–Kier alpha value is -3.44. The van der Waals surface area contributed by atoms with Crippen LogP contribution in [0.25, 0.3) is 0 Å². The van der Waals surface area contributed by atoms with E-state index in [1.165, 1.54) is 23.1 Å². The molecule has 16 aliphatic rings. The molecule has 16 rings (SSSR count). The van der Waals surface area contributed by atoms with Crippen molar-refractivity contribution in [2.24, 2.45) is 53.3 Å². The van der Waals surface area contributed by atoms with E-state index >= 15 is 0 Å². The minimum absolute atomic E-state index is 0.0196. The summed E-state index contributed by atoms with van der Waals surface area (Å²) < 4.78 is 93.4. The van der Waals surface area contributed by atoms with E-state index in [9.17, 15) is 10.2 Å². The first-order valence-electron chi connectivity index (χ1n) is 40.4. The van der Waals surface area contributed by atoms with E-state index in [0.29, 0.717) is 54.0 Å². The van der Waals surface area contributed by atoms with E-state index in [-0.39, 0.29) is 171 Å². The molecule has 16 saturated heterocycles. The van der Waals surface area contributed by atoms with E-state index in [1.807, 2.05) is 12.2 Å². The molecule has 0 aliphatic carbocycles. The van der Waals surface area contributed by atoms with E-state index < -0.39 is 17.7 Å². The summed E-state index contributed by atoms with van der Waals surface area (Å²) in [6, 6.07) is 0. The van der Waals surface area contributed by atoms with Gasteiger partial charge in [0.25, 0.3) is 0 Å². The topological polar surface area (TPSA) is 238 Å². The molecule has 4 unspecified atom stereocenters. The average molecular weight is 1460 g/mol. The highest BCUT2D eigenvalue weighted by atomic mass is 16.8. The van der Waals surface area contributed by atoms with Crippen molar-refractivity contribution in [3.05, 3.63) is 73.9 Å². The zero-order valence-corrected chi connectivity index (χ0v) is 64.2. The van der Waals surface area contributed by atoms with Gasteiger partial charge < -0.3 is 76.5 Å². The lowest BCUT2D eigenvalue weighted by molar-refractivity contribution is -0.263. The van der Waals surface area contributed by atoms with Crippen molar-refractivity contribution in [2.45, 2.75) is 381 Å². The van der Waals surface area contributed by atoms with Gasteiger partial charge in [-0.2, -0.15) is 19.2 Å². The van der Waals surface area contributed by atoms with E-state index in [4.69, 9.17) is 85.5 Å². The summed E-state index contributed by atoms with van der Waals surface area (Å²) in [7, 11) is 0. The molecule has 0 spiro atoms. The minimum Gasteiger partial charge on any atom is -0.394 e. The molecule has 0 radical (unpaired) electrons. The standard InChI is InChI=1S/C42H66O7.C40H62O9.2CO2/c1-10-13-33-28(9)38-40-41(46-33)39-37(47-40)22-42(48-38,49-39)17-16-30-20-25(6)32(43-30)15-14-29-19-24(5)26(7)35(44-29)21-36-31(12-3)27(8)34(45-36)18-23(4)11-2;1-8-10-31-25(7)36-38-39(46-31)37-35(47-38)19-40(48-36,49-37)14-13-28-16-22(4)30(43-28)12-11-27-15-21(3)23(5)33(44-27)18-34-29(9-2)24(6)32(45-34)17-26(42)20-41;2*2-1-3/h10,23-24,27-41H,1,6-7,11-22H2,2-5,8-9H3;8,21,24-39,41-42H,1,4-5,9-20H2,2-3,6-7H3;;/t23-,24-,27-,28?,29?,30+,31-,32+,33+,34-,35-,36+,37-,38+,39+,40+,41+,42-;21-,24-,25?,26+,27?,28+,29-,30+,31+,32-,33-,34+,35-,36+,37+,38+,39+,40-;;/m11../s1. The van der Waals surface area contributed by atoms with Crippen LogP contribution in [-0.4, -0.2) is 193 Å². The molecule has 0 aromatic rings. The lowest BCUT2D eigenvalue weighted by Gasteiger charge is -2.42. The smallest absolute Gasteiger partial charge is 0.373 e. The second kappa shape index (κ2) is 35.7. The van der Waals surface area contributed by atoms with Gasteiger partial charge in [0.1, 0.15) is 36.6 Å². The van der Waals surface area contributed by atoms with Crippen molar-refractivity contribution in [3.8, 4) is 0 Å². The Morgan fingerprint density at radius 1 is 0.471 bits per heavy atom. The van der Waals surface area contributed by atoms with Crippen LogP contribution in [0.3, 0.4) is 0 Å². The molecule has 16 heterocycles. The molecule has 0 saturated carbocycles. The maximum Gasteiger partial charge on any atom is 0.373 e. The second-order valence-electron chi connectivity index (χ2n) is 34.0. The molecule has 0 aromatic heterocycles. The van der Waals surface area contributed by atoms with E-state index in [2.05, 4.69) is 109 Å². The number of hydrogen-bond acceptors (Lipinski definition) is 20. The van der Waals surface area contributed by atoms with Gasteiger partial charge in [-0.25, -0.2) is 0 Å². The highest BCUT2D eigenvalue weighted by Gasteiger charge is 2.69. The largest absolute Gasteiger partial charge is 0.394 e. The van der Waals surface area contributed by atoms with Crippen LogP contribution in [0, 0.1) is 53.3 Å². The molecule has 584 valence electrons. The second-order valence-corrected chi connectivity index (χ2v) is 34.0. The normalized spacial score (nSPS) is 46.8. The highest BCUT2D eigenvalue weighted by molar-refractivity contribution is 5.21. The first-order chi connectivity index (χ1) is 49.9. The van der Waals surface area contributed by atoms with Gasteiger partial charge >= 0.3 is 12.3 Å². The monoisotopic (exact) mass is 1460 g/mol. The Morgan fingerprint density at radius 2 is 0.856 bits per heavy atom. The third kappa shape index (κ3) is 17.6. The molecule has 36 atom stereocenters. The lowest BCUT2D eigenvalue weighted by Crippen LogP contribution is -2.54. The third-order valence-corrected chi connectivity index (χ3v) is 27.3. The van der Waals surface area contributed by atoms with Crippen LogP contribution in [0.4, 0.5) is 0 Å². The number of ether oxygens (including phenoxy) is 14. The van der Waals surface area contributed by atoms with Gasteiger partial charge in [0.15, 0.2) is 11.6 Å². The SMILES string of the molecule is C=CC[C@@H]1O[C@H]2[C@H]3O[C@]4(CC[C@H]5CC(=C)[C@H](CCC6C[C@@H](C)C(=C)[C@@H](C[C@@H]7O[C@H](C[C@H](C)CC)[C@H](C)[C@H]7CC)O6)O5)C[C@H]3O[C@H]2[C@@H](O4)C1C.C=CC[C@@H]1O[C@H]2[C@H]3O[C@]4(CC[C@H]5CC(=C)[C@H](CCC6C[C@@H](C)C(=C)[C@@H](C[C@@H]7O[C@H](C[C@H](O)CO)[C@H](C)[C@H]7CC)O6)O5)C[C@H]3O[C@H]2[C@@H](O4)C1C.O=C=O.O=C=O. The molecular weight excluding hydrogens is 1330 g/mol. The Labute approximate surface area is 620 Å². The van der Waals surface area contributed by atoms with Crippen LogP contribution in [0.2, 0.25) is 0 Å². The first kappa shape index (κ1) is 81.5. The molecule has 0 aromatic carbocycles. The summed E-state index contributed by atoms with van der Waals surface area (Å²) in [5.41, 5.74) is 4.78. The fraction of sp³-hybridized carbons (Fsp3) is 0.833. The Bertz CT molecular complexity index is 2790. The van der Waals surface area contributed by atoms with Gasteiger partial charge in [-0.1, -0.05) is 127 Å².